The summed E-state index contributed by atoms with van der Waals surface area (Å²) in [5.41, 5.74) is 12.0. The lowest BCUT2D eigenvalue weighted by atomic mass is 9.81. The standard InChI is InChI=1S/C42H29N3O/c1-42(2)33-20-10-9-17-30(33)31-24-23-28(25-34(31)42)29-18-11-21-35-37(29)38-32(19-12-22-36(38)46-35)41-44-39(26-13-5-3-6-14-26)43-40(45-41)27-15-7-4-8-16-27/h3-25H,1-2H3. The van der Waals surface area contributed by atoms with Gasteiger partial charge in [-0.2, -0.15) is 0 Å². The summed E-state index contributed by atoms with van der Waals surface area (Å²) in [5, 5.41) is 2.06. The quantitative estimate of drug-likeness (QED) is 0.204. The zero-order valence-electron chi connectivity index (χ0n) is 25.5. The highest BCUT2D eigenvalue weighted by Gasteiger charge is 2.35. The molecule has 0 spiro atoms. The predicted octanol–water partition coefficient (Wildman–Crippen LogP) is 10.7. The van der Waals surface area contributed by atoms with Crippen LogP contribution in [0.25, 0.3) is 78.4 Å². The average Bonchev–Trinajstić information content (AvgIpc) is 3.61. The lowest BCUT2D eigenvalue weighted by molar-refractivity contribution is 0.660. The van der Waals surface area contributed by atoms with Crippen LogP contribution in [0.2, 0.25) is 0 Å². The van der Waals surface area contributed by atoms with Crippen molar-refractivity contribution in [2.24, 2.45) is 0 Å². The average molecular weight is 592 g/mol. The molecule has 0 amide bonds. The molecule has 0 saturated heterocycles. The van der Waals surface area contributed by atoms with Gasteiger partial charge < -0.3 is 4.42 Å². The molecule has 0 unspecified atom stereocenters. The van der Waals surface area contributed by atoms with Crippen molar-refractivity contribution in [2.45, 2.75) is 19.3 Å². The summed E-state index contributed by atoms with van der Waals surface area (Å²) in [6.45, 7) is 4.64. The van der Waals surface area contributed by atoms with Crippen LogP contribution >= 0.6 is 0 Å². The topological polar surface area (TPSA) is 51.8 Å². The lowest BCUT2D eigenvalue weighted by Gasteiger charge is -2.22. The Morgan fingerprint density at radius 3 is 1.61 bits per heavy atom. The SMILES string of the molecule is CC1(C)c2ccccc2-c2ccc(-c3cccc4oc5cccc(-c6nc(-c7ccccc7)nc(-c7ccccc7)n6)c5c34)cc21. The van der Waals surface area contributed by atoms with Gasteiger partial charge in [0.25, 0.3) is 0 Å². The van der Waals surface area contributed by atoms with Gasteiger partial charge in [-0.1, -0.05) is 135 Å². The molecule has 1 aliphatic carbocycles. The van der Waals surface area contributed by atoms with Gasteiger partial charge in [0.05, 0.1) is 0 Å². The summed E-state index contributed by atoms with van der Waals surface area (Å²) in [7, 11) is 0. The molecule has 2 aromatic heterocycles. The highest BCUT2D eigenvalue weighted by Crippen LogP contribution is 2.50. The molecular weight excluding hydrogens is 562 g/mol. The van der Waals surface area contributed by atoms with Crippen molar-refractivity contribution >= 4 is 21.9 Å². The van der Waals surface area contributed by atoms with Crippen molar-refractivity contribution < 1.29 is 4.42 Å². The minimum Gasteiger partial charge on any atom is -0.456 e. The van der Waals surface area contributed by atoms with Gasteiger partial charge in [-0.05, 0) is 51.6 Å². The second-order valence-electron chi connectivity index (χ2n) is 12.4. The first-order chi connectivity index (χ1) is 22.6. The Hall–Kier alpha value is -5.87. The van der Waals surface area contributed by atoms with E-state index in [1.54, 1.807) is 0 Å². The fourth-order valence-corrected chi connectivity index (χ4v) is 7.09. The van der Waals surface area contributed by atoms with E-state index in [0.717, 1.165) is 49.8 Å². The first-order valence-corrected chi connectivity index (χ1v) is 15.6. The summed E-state index contributed by atoms with van der Waals surface area (Å²) in [4.78, 5) is 15.0. The van der Waals surface area contributed by atoms with Crippen LogP contribution in [-0.4, -0.2) is 15.0 Å². The van der Waals surface area contributed by atoms with E-state index in [2.05, 4.69) is 74.5 Å². The zero-order valence-corrected chi connectivity index (χ0v) is 25.5. The largest absolute Gasteiger partial charge is 0.456 e. The van der Waals surface area contributed by atoms with Gasteiger partial charge in [-0.3, -0.25) is 0 Å². The molecule has 0 N–H and O–H groups in total. The molecule has 1 aliphatic rings. The molecular formula is C42H29N3O. The van der Waals surface area contributed by atoms with Crippen molar-refractivity contribution in [3.05, 3.63) is 151 Å². The van der Waals surface area contributed by atoms with Crippen molar-refractivity contribution in [1.82, 2.24) is 15.0 Å². The third-order valence-electron chi connectivity index (χ3n) is 9.36. The summed E-state index contributed by atoms with van der Waals surface area (Å²) in [6.07, 6.45) is 0. The molecule has 4 heteroatoms. The highest BCUT2D eigenvalue weighted by molar-refractivity contribution is 6.17. The predicted molar refractivity (Wildman–Crippen MR) is 186 cm³/mol. The van der Waals surface area contributed by atoms with Crippen LogP contribution in [0.1, 0.15) is 25.0 Å². The van der Waals surface area contributed by atoms with Gasteiger partial charge in [0.1, 0.15) is 11.2 Å². The van der Waals surface area contributed by atoms with Gasteiger partial charge in [0.2, 0.25) is 0 Å². The number of nitrogens with zero attached hydrogens (tertiary/aromatic N) is 3. The van der Waals surface area contributed by atoms with Crippen molar-refractivity contribution in [2.75, 3.05) is 0 Å². The van der Waals surface area contributed by atoms with Crippen LogP contribution in [0, 0.1) is 0 Å². The summed E-state index contributed by atoms with van der Waals surface area (Å²) in [5.74, 6) is 1.88. The molecule has 4 nitrogen and oxygen atoms in total. The van der Waals surface area contributed by atoms with Crippen LogP contribution in [-0.2, 0) is 5.41 Å². The third-order valence-corrected chi connectivity index (χ3v) is 9.36. The van der Waals surface area contributed by atoms with E-state index in [1.807, 2.05) is 78.9 Å². The molecule has 0 radical (unpaired) electrons. The van der Waals surface area contributed by atoms with Gasteiger partial charge in [0.15, 0.2) is 17.5 Å². The molecule has 6 aromatic carbocycles. The van der Waals surface area contributed by atoms with Crippen LogP contribution in [0.3, 0.4) is 0 Å². The number of rotatable bonds is 4. The van der Waals surface area contributed by atoms with E-state index in [1.165, 1.54) is 22.3 Å². The van der Waals surface area contributed by atoms with Crippen molar-refractivity contribution in [1.29, 1.82) is 0 Å². The molecule has 0 atom stereocenters. The van der Waals surface area contributed by atoms with Gasteiger partial charge in [0, 0.05) is 32.9 Å². The Bertz CT molecular complexity index is 2380. The third kappa shape index (κ3) is 4.04. The Morgan fingerprint density at radius 2 is 0.935 bits per heavy atom. The fourth-order valence-electron chi connectivity index (χ4n) is 7.09. The maximum absolute atomic E-state index is 6.52. The minimum atomic E-state index is -0.0913. The second kappa shape index (κ2) is 10.1. The number of hydrogen-bond donors (Lipinski definition) is 0. The van der Waals surface area contributed by atoms with Crippen molar-refractivity contribution in [3.63, 3.8) is 0 Å². The number of fused-ring (bicyclic) bond motifs is 6. The normalized spacial score (nSPS) is 13.2. The number of benzene rings is 6. The van der Waals surface area contributed by atoms with Gasteiger partial charge >= 0.3 is 0 Å². The highest BCUT2D eigenvalue weighted by atomic mass is 16.3. The van der Waals surface area contributed by atoms with Crippen LogP contribution in [0.15, 0.2) is 144 Å². The van der Waals surface area contributed by atoms with Gasteiger partial charge in [-0.15, -0.1) is 0 Å². The van der Waals surface area contributed by atoms with E-state index in [0.29, 0.717) is 17.5 Å². The van der Waals surface area contributed by atoms with E-state index in [-0.39, 0.29) is 5.41 Å². The summed E-state index contributed by atoms with van der Waals surface area (Å²) < 4.78 is 6.52. The van der Waals surface area contributed by atoms with Crippen LogP contribution in [0.4, 0.5) is 0 Å². The number of aromatic nitrogens is 3. The van der Waals surface area contributed by atoms with Gasteiger partial charge in [-0.25, -0.2) is 15.0 Å². The maximum Gasteiger partial charge on any atom is 0.164 e. The van der Waals surface area contributed by atoms with E-state index in [9.17, 15) is 0 Å². The van der Waals surface area contributed by atoms with E-state index in [4.69, 9.17) is 19.4 Å². The summed E-state index contributed by atoms with van der Waals surface area (Å²) >= 11 is 0. The molecule has 218 valence electrons. The van der Waals surface area contributed by atoms with Crippen molar-refractivity contribution in [3.8, 4) is 56.4 Å². The minimum absolute atomic E-state index is 0.0913. The molecule has 0 saturated carbocycles. The molecule has 0 bridgehead atoms. The van der Waals surface area contributed by atoms with E-state index >= 15 is 0 Å². The molecule has 0 aliphatic heterocycles. The monoisotopic (exact) mass is 591 g/mol. The molecule has 46 heavy (non-hydrogen) atoms. The van der Waals surface area contributed by atoms with E-state index < -0.39 is 0 Å². The first kappa shape index (κ1) is 26.5. The molecule has 8 aromatic rings. The fraction of sp³-hybridized carbons (Fsp3) is 0.0714. The molecule has 2 heterocycles. The Kier molecular flexibility index (Phi) is 5.81. The molecule has 0 fully saturated rings. The Balaban J connectivity index is 1.29. The Morgan fingerprint density at radius 1 is 0.413 bits per heavy atom. The van der Waals surface area contributed by atoms with Crippen LogP contribution < -0.4 is 0 Å². The smallest absolute Gasteiger partial charge is 0.164 e. The molecule has 9 rings (SSSR count). The second-order valence-corrected chi connectivity index (χ2v) is 12.4. The number of hydrogen-bond acceptors (Lipinski definition) is 4. The first-order valence-electron chi connectivity index (χ1n) is 15.6. The lowest BCUT2D eigenvalue weighted by Crippen LogP contribution is -2.14. The van der Waals surface area contributed by atoms with Crippen LogP contribution in [0.5, 0.6) is 0 Å². The Labute approximate surface area is 267 Å². The summed E-state index contributed by atoms with van der Waals surface area (Å²) in [6, 6.07) is 48.3. The number of furan rings is 1. The maximum atomic E-state index is 6.52. The zero-order chi connectivity index (χ0) is 30.8.